The predicted molar refractivity (Wildman–Crippen MR) is 233 cm³/mol. The number of ether oxygens (including phenoxy) is 3. The molecule has 18 heteroatoms. The van der Waals surface area contributed by atoms with Gasteiger partial charge in [0.05, 0.1) is 64.7 Å². The van der Waals surface area contributed by atoms with Crippen LogP contribution >= 0.6 is 22.7 Å². The minimum absolute atomic E-state index is 0. The van der Waals surface area contributed by atoms with Gasteiger partial charge in [0.25, 0.3) is 0 Å². The van der Waals surface area contributed by atoms with Gasteiger partial charge in [0.1, 0.15) is 11.5 Å². The molecule has 0 saturated carbocycles. The van der Waals surface area contributed by atoms with Gasteiger partial charge in [0.15, 0.2) is 23.0 Å². The molecular formula is C44H47KN6O9S2. The number of fused-ring (bicyclic) bond motifs is 6. The number of aryl methyl sites for hydroxylation is 2. The zero-order valence-electron chi connectivity index (χ0n) is 35.8. The second kappa shape index (κ2) is 20.7. The second-order valence-electron chi connectivity index (χ2n) is 14.8. The number of nitrogens with one attached hydrogen (secondary N) is 2. The zero-order chi connectivity index (χ0) is 42.8. The van der Waals surface area contributed by atoms with Crippen LogP contribution in [0.2, 0.25) is 0 Å². The third-order valence-corrected chi connectivity index (χ3v) is 11.9. The van der Waals surface area contributed by atoms with Crippen LogP contribution < -0.4 is 71.5 Å². The molecule has 0 fully saturated rings. The number of hydrogen-bond donors (Lipinski definition) is 3. The summed E-state index contributed by atoms with van der Waals surface area (Å²) < 4.78 is 20.2. The number of hydrogen-bond acceptors (Lipinski definition) is 12. The summed E-state index contributed by atoms with van der Waals surface area (Å²) in [4.78, 5) is 60.1. The Balaban J connectivity index is 0.000000227. The monoisotopic (exact) mass is 906 g/mol. The molecule has 320 valence electrons. The van der Waals surface area contributed by atoms with Crippen LogP contribution in [0.15, 0.2) is 59.3 Å². The van der Waals surface area contributed by atoms with Gasteiger partial charge in [0, 0.05) is 11.8 Å². The summed E-state index contributed by atoms with van der Waals surface area (Å²) in [5.41, 5.74) is 6.84. The SMILES string of the molecule is CCOC(=O)c1nc(-c2cccs2)n2c1CCc1cc(OC)c(NC(=O)C(C)C)cc1-2.COc1cc2c(cc1NC(=O)C(C)C)-n1c(-c3cccs3)nc(C(=O)O)c1CC2.[K+].[OH-]. The smallest absolute Gasteiger partial charge is 0.870 e. The fraction of sp³-hybridized carbons (Fsp3) is 0.318. The molecule has 0 atom stereocenters. The van der Waals surface area contributed by atoms with Crippen LogP contribution in [0.4, 0.5) is 11.4 Å². The van der Waals surface area contributed by atoms with Crippen LogP contribution in [0, 0.1) is 11.8 Å². The standard InChI is InChI=1S/C23H25N3O4S.C21H21N3O4S.K.H2O/c1-5-30-23(28)20-16-9-8-14-11-18(29-4)15(24-22(27)13(2)3)12-17(14)26(16)21(25-20)19-7-6-10-31-19;1-11(2)20(25)22-13-10-15-12(9-16(13)28-3)6-7-14-18(21(26)27)23-19(24(14)15)17-5-4-8-29-17;;/h6-7,10-13H,5,8-9H2,1-4H3,(H,24,27);4-5,8-11H,6-7H2,1-3H3,(H,22,25)(H,26,27);;1H2/q;;+1;/p-1. The molecule has 0 spiro atoms. The van der Waals surface area contributed by atoms with Crippen molar-refractivity contribution in [3.63, 3.8) is 0 Å². The van der Waals surface area contributed by atoms with E-state index >= 15 is 0 Å². The summed E-state index contributed by atoms with van der Waals surface area (Å²) in [5, 5.41) is 19.5. The molecule has 4 aromatic heterocycles. The Labute approximate surface area is 409 Å². The van der Waals surface area contributed by atoms with E-state index < -0.39 is 11.9 Å². The number of carbonyl (C=O) groups is 4. The number of anilines is 2. The number of aromatic carboxylic acids is 1. The van der Waals surface area contributed by atoms with E-state index in [2.05, 4.69) is 15.6 Å². The molecule has 0 saturated heterocycles. The first-order valence-electron chi connectivity index (χ1n) is 19.6. The number of aromatic nitrogens is 4. The summed E-state index contributed by atoms with van der Waals surface area (Å²) in [6.07, 6.45) is 2.61. The molecule has 2 aliphatic heterocycles. The van der Waals surface area contributed by atoms with Crippen molar-refractivity contribution in [2.45, 2.75) is 60.3 Å². The van der Waals surface area contributed by atoms with Gasteiger partial charge < -0.3 is 35.4 Å². The van der Waals surface area contributed by atoms with Crippen molar-refractivity contribution in [1.29, 1.82) is 0 Å². The van der Waals surface area contributed by atoms with Crippen LogP contribution in [0.25, 0.3) is 32.8 Å². The number of nitrogens with zero attached hydrogens (tertiary/aromatic N) is 4. The molecule has 0 aliphatic carbocycles. The maximum absolute atomic E-state index is 12.6. The van der Waals surface area contributed by atoms with Crippen molar-refractivity contribution < 1.29 is 95.4 Å². The number of amides is 2. The van der Waals surface area contributed by atoms with Crippen molar-refractivity contribution in [1.82, 2.24) is 19.1 Å². The van der Waals surface area contributed by atoms with Crippen LogP contribution in [0.1, 0.15) is 78.1 Å². The molecule has 15 nitrogen and oxygen atoms in total. The number of benzene rings is 2. The largest absolute Gasteiger partial charge is 1.00 e. The Morgan fingerprint density at radius 2 is 1.16 bits per heavy atom. The van der Waals surface area contributed by atoms with Gasteiger partial charge in [-0.3, -0.25) is 18.7 Å². The first-order chi connectivity index (χ1) is 28.8. The van der Waals surface area contributed by atoms with E-state index in [1.54, 1.807) is 32.5 Å². The van der Waals surface area contributed by atoms with Crippen LogP contribution in [-0.2, 0) is 40.0 Å². The van der Waals surface area contributed by atoms with Gasteiger partial charge in [-0.25, -0.2) is 19.6 Å². The Bertz CT molecular complexity index is 2600. The number of carbonyl (C=O) groups excluding carboxylic acids is 3. The molecule has 6 aromatic rings. The number of carboxylic acid groups (broad SMARTS) is 1. The van der Waals surface area contributed by atoms with Crippen molar-refractivity contribution >= 4 is 57.8 Å². The van der Waals surface area contributed by atoms with Crippen molar-refractivity contribution in [3.8, 4) is 44.3 Å². The Morgan fingerprint density at radius 1 is 0.726 bits per heavy atom. The molecule has 62 heavy (non-hydrogen) atoms. The third kappa shape index (κ3) is 9.62. The first kappa shape index (κ1) is 48.4. The van der Waals surface area contributed by atoms with E-state index in [0.29, 0.717) is 71.8 Å². The average molecular weight is 907 g/mol. The van der Waals surface area contributed by atoms with Crippen LogP contribution in [0.5, 0.6) is 11.5 Å². The predicted octanol–water partition coefficient (Wildman–Crippen LogP) is 5.31. The second-order valence-corrected chi connectivity index (χ2v) is 16.7. The molecule has 6 heterocycles. The minimum Gasteiger partial charge on any atom is -0.870 e. The van der Waals surface area contributed by atoms with Gasteiger partial charge in [-0.15, -0.1) is 22.7 Å². The number of thiophene rings is 2. The summed E-state index contributed by atoms with van der Waals surface area (Å²) in [7, 11) is 3.16. The van der Waals surface area contributed by atoms with E-state index in [4.69, 9.17) is 19.2 Å². The molecule has 0 bridgehead atoms. The maximum Gasteiger partial charge on any atom is 1.00 e. The van der Waals surface area contributed by atoms with Gasteiger partial charge in [-0.05, 0) is 90.9 Å². The number of rotatable bonds is 11. The summed E-state index contributed by atoms with van der Waals surface area (Å²) >= 11 is 3.06. The molecule has 2 amide bonds. The van der Waals surface area contributed by atoms with E-state index in [0.717, 1.165) is 44.4 Å². The fourth-order valence-electron chi connectivity index (χ4n) is 7.20. The molecule has 2 aliphatic rings. The van der Waals surface area contributed by atoms with E-state index in [-0.39, 0.29) is 86.2 Å². The first-order valence-corrected chi connectivity index (χ1v) is 21.4. The quantitative estimate of drug-likeness (QED) is 0.112. The van der Waals surface area contributed by atoms with Gasteiger partial charge >= 0.3 is 63.3 Å². The van der Waals surface area contributed by atoms with Crippen LogP contribution in [-0.4, -0.2) is 74.3 Å². The van der Waals surface area contributed by atoms with E-state index in [1.807, 2.05) is 96.1 Å². The van der Waals surface area contributed by atoms with E-state index in [9.17, 15) is 24.3 Å². The van der Waals surface area contributed by atoms with Crippen LogP contribution in [0.3, 0.4) is 0 Å². The van der Waals surface area contributed by atoms with Crippen molar-refractivity contribution in [2.24, 2.45) is 11.8 Å². The van der Waals surface area contributed by atoms with Crippen molar-refractivity contribution in [3.05, 3.63) is 93.2 Å². The topological polar surface area (TPSA) is 206 Å². The van der Waals surface area contributed by atoms with Crippen molar-refractivity contribution in [2.75, 3.05) is 31.5 Å². The summed E-state index contributed by atoms with van der Waals surface area (Å²) in [6.45, 7) is 9.40. The zero-order valence-corrected chi connectivity index (χ0v) is 40.6. The Hall–Kier alpha value is -4.66. The number of esters is 1. The molecule has 2 aromatic carbocycles. The Morgan fingerprint density at radius 3 is 1.53 bits per heavy atom. The number of carboxylic acids is 1. The maximum atomic E-state index is 12.6. The molecule has 0 unspecified atom stereocenters. The normalized spacial score (nSPS) is 12.0. The van der Waals surface area contributed by atoms with E-state index in [1.165, 1.54) is 11.3 Å². The Kier molecular flexibility index (Phi) is 16.1. The summed E-state index contributed by atoms with van der Waals surface area (Å²) in [5.74, 6) is 0.472. The molecule has 8 rings (SSSR count). The van der Waals surface area contributed by atoms with Gasteiger partial charge in [-0.2, -0.15) is 0 Å². The average Bonchev–Trinajstić information content (AvgIpc) is 4.07. The summed E-state index contributed by atoms with van der Waals surface area (Å²) in [6, 6.07) is 15.4. The number of methoxy groups -OCH3 is 2. The molecular weight excluding hydrogens is 860 g/mol. The number of imidazole rings is 2. The van der Waals surface area contributed by atoms with Gasteiger partial charge in [0.2, 0.25) is 11.8 Å². The minimum atomic E-state index is -1.04. The van der Waals surface area contributed by atoms with Gasteiger partial charge in [-0.1, -0.05) is 39.8 Å². The molecule has 4 N–H and O–H groups in total. The third-order valence-electron chi connectivity index (χ3n) is 10.2. The molecule has 0 radical (unpaired) electrons. The fourth-order valence-corrected chi connectivity index (χ4v) is 8.60.